The third-order valence-corrected chi connectivity index (χ3v) is 4.54. The van der Waals surface area contributed by atoms with E-state index >= 15 is 0 Å². The number of rotatable bonds is 4. The molecule has 2 nitrogen and oxygen atoms in total. The van der Waals surface area contributed by atoms with Gasteiger partial charge in [0.15, 0.2) is 6.49 Å². The molecule has 0 unspecified atom stereocenters. The largest absolute Gasteiger partial charge is 0.339 e. The predicted molar refractivity (Wildman–Crippen MR) is 69.8 cm³/mol. The van der Waals surface area contributed by atoms with Crippen molar-refractivity contribution in [1.29, 1.82) is 0 Å². The lowest BCUT2D eigenvalue weighted by Crippen LogP contribution is -1.91. The Labute approximate surface area is 112 Å². The Morgan fingerprint density at radius 1 is 0.786 bits per heavy atom. The molecule has 0 aliphatic heterocycles. The van der Waals surface area contributed by atoms with E-state index in [1.165, 1.54) is 0 Å². The first kappa shape index (κ1) is 18.6. The van der Waals surface area contributed by atoms with Crippen molar-refractivity contribution in [2.45, 2.75) is 0 Å². The molecule has 0 rings (SSSR count). The smallest absolute Gasteiger partial charge is 0.307 e. The van der Waals surface area contributed by atoms with E-state index in [1.54, 1.807) is 0 Å². The molecule has 0 N–H and O–H groups in total. The van der Waals surface area contributed by atoms with Crippen molar-refractivity contribution in [1.82, 2.24) is 0 Å². The van der Waals surface area contributed by atoms with E-state index in [-0.39, 0.29) is 0 Å². The van der Waals surface area contributed by atoms with Crippen molar-refractivity contribution in [3.05, 3.63) is 0 Å². The minimum atomic E-state index is -3.22. The van der Waals surface area contributed by atoms with Crippen molar-refractivity contribution in [2.75, 3.05) is 24.1 Å². The van der Waals surface area contributed by atoms with Crippen LogP contribution in [0.25, 0.3) is 0 Å². The molecule has 0 aromatic carbocycles. The van der Waals surface area contributed by atoms with Crippen LogP contribution in [0.1, 0.15) is 0 Å². The number of hydrogen-bond donors (Lipinski definition) is 0. The Kier molecular flexibility index (Phi) is 12.3. The zero-order chi connectivity index (χ0) is 11.8. The Morgan fingerprint density at radius 3 is 1.14 bits per heavy atom. The summed E-state index contributed by atoms with van der Waals surface area (Å²) in [5, 5.41) is -3.22. The zero-order valence-corrected chi connectivity index (χ0v) is 13.1. The van der Waals surface area contributed by atoms with E-state index in [9.17, 15) is 9.13 Å². The highest BCUT2D eigenvalue weighted by molar-refractivity contribution is 8.24. The van der Waals surface area contributed by atoms with Crippen LogP contribution in [-0.4, -0.2) is 24.1 Å². The molecule has 88 valence electrons. The van der Waals surface area contributed by atoms with Crippen LogP contribution in [0.2, 0.25) is 0 Å². The van der Waals surface area contributed by atoms with Crippen LogP contribution in [0, 0.1) is 0 Å². The van der Waals surface area contributed by atoms with Gasteiger partial charge >= 0.3 is 5.20 Å². The molecule has 0 radical (unpaired) electrons. The van der Waals surface area contributed by atoms with E-state index in [1.807, 2.05) is 0 Å². The van der Waals surface area contributed by atoms with Gasteiger partial charge in [-0.05, 0) is 33.7 Å². The van der Waals surface area contributed by atoms with Crippen LogP contribution < -0.4 is 0 Å². The summed E-state index contributed by atoms with van der Waals surface area (Å²) < 4.78 is 20.5. The maximum absolute atomic E-state index is 11.0. The molecule has 0 saturated carbocycles. The number of hydrogen-bond acceptors (Lipinski definition) is 2. The van der Waals surface area contributed by atoms with Gasteiger partial charge in [0.1, 0.15) is 0 Å². The van der Waals surface area contributed by atoms with Gasteiger partial charge in [-0.15, -0.1) is 23.2 Å². The van der Waals surface area contributed by atoms with Gasteiger partial charge in [0.05, 0.1) is 0 Å². The molecule has 10 heteroatoms. The van der Waals surface area contributed by atoms with Crippen molar-refractivity contribution in [3.63, 3.8) is 0 Å². The van der Waals surface area contributed by atoms with E-state index < -0.39 is 11.7 Å². The first-order chi connectivity index (χ1) is 6.12. The fraction of sp³-hybridized carbons (Fsp3) is 1.00. The minimum absolute atomic E-state index is 0.345. The summed E-state index contributed by atoms with van der Waals surface area (Å²) in [7, 11) is 0. The van der Waals surface area contributed by atoms with Gasteiger partial charge in [-0.3, -0.25) is 4.57 Å². The van der Waals surface area contributed by atoms with Gasteiger partial charge in [-0.2, -0.15) is 0 Å². The van der Waals surface area contributed by atoms with Crippen LogP contribution in [-0.2, 0) is 9.13 Å². The lowest BCUT2D eigenvalue weighted by Gasteiger charge is -2.03. The number of alkyl halides is 2. The third kappa shape index (κ3) is 23.8. The lowest BCUT2D eigenvalue weighted by atomic mass is 10.9. The van der Waals surface area contributed by atoms with Crippen LogP contribution in [0.4, 0.5) is 0 Å². The second-order valence-electron chi connectivity index (χ2n) is 2.01. The van der Waals surface area contributed by atoms with Gasteiger partial charge in [-0.25, -0.2) is 0 Å². The van der Waals surface area contributed by atoms with Gasteiger partial charge in [0.25, 0.3) is 0 Å². The lowest BCUT2D eigenvalue weighted by molar-refractivity contribution is 0.586. The molecule has 0 aromatic rings. The van der Waals surface area contributed by atoms with Gasteiger partial charge in [0, 0.05) is 24.1 Å². The highest BCUT2D eigenvalue weighted by Gasteiger charge is 2.15. The second kappa shape index (κ2) is 9.25. The van der Waals surface area contributed by atoms with E-state index in [0.29, 0.717) is 24.1 Å². The highest BCUT2D eigenvalue weighted by Crippen LogP contribution is 2.61. The highest BCUT2D eigenvalue weighted by atomic mass is 36.0. The molecular weight excluding hydrogens is 355 g/mol. The molecule has 0 saturated heterocycles. The second-order valence-corrected chi connectivity index (χ2v) is 13.7. The molecule has 0 aliphatic rings. The standard InChI is InChI=1S/C4H8Cl3OP.Cl3OP/c5-1-3-9(7,8)4-2-6;1-5(2,3)4/h1-4H2;. The molecule has 0 fully saturated rings. The van der Waals surface area contributed by atoms with E-state index in [0.717, 1.165) is 0 Å². The fourth-order valence-corrected chi connectivity index (χ4v) is 3.76. The quantitative estimate of drug-likeness (QED) is 0.468. The van der Waals surface area contributed by atoms with Crippen LogP contribution in [0.3, 0.4) is 0 Å². The maximum atomic E-state index is 11.0. The van der Waals surface area contributed by atoms with Gasteiger partial charge in [-0.1, -0.05) is 11.2 Å². The summed E-state index contributed by atoms with van der Waals surface area (Å²) in [6.45, 7) is -2.48. The van der Waals surface area contributed by atoms with Gasteiger partial charge < -0.3 is 4.57 Å². The first-order valence-electron chi connectivity index (χ1n) is 3.21. The first-order valence-corrected chi connectivity index (χ1v) is 11.7. The average Bonchev–Trinajstić information content (AvgIpc) is 1.81. The summed E-state index contributed by atoms with van der Waals surface area (Å²) in [5.41, 5.74) is 0. The van der Waals surface area contributed by atoms with Crippen molar-refractivity contribution >= 4 is 79.9 Å². The topological polar surface area (TPSA) is 34.1 Å². The summed E-state index contributed by atoms with van der Waals surface area (Å²) >= 11 is 30.0. The molecule has 0 aromatic heterocycles. The molecular formula is C4H8Cl6O2P2. The van der Waals surface area contributed by atoms with E-state index in [4.69, 9.17) is 34.4 Å². The monoisotopic (exact) mass is 360 g/mol. The fourth-order valence-electron chi connectivity index (χ4n) is 0.364. The third-order valence-electron chi connectivity index (χ3n) is 0.837. The maximum Gasteiger partial charge on any atom is 0.339 e. The summed E-state index contributed by atoms with van der Waals surface area (Å²) in [5.74, 6) is 0.690. The van der Waals surface area contributed by atoms with Gasteiger partial charge in [0.2, 0.25) is 0 Å². The predicted octanol–water partition coefficient (Wildman–Crippen LogP) is 5.79. The molecule has 0 bridgehead atoms. The Morgan fingerprint density at radius 2 is 1.00 bits per heavy atom. The van der Waals surface area contributed by atoms with Crippen LogP contribution >= 0.6 is 79.9 Å². The molecule has 0 atom stereocenters. The van der Waals surface area contributed by atoms with E-state index in [2.05, 4.69) is 33.7 Å². The number of halogens is 6. The Bertz CT molecular complexity index is 210. The summed E-state index contributed by atoms with van der Waals surface area (Å²) in [6, 6.07) is 0. The molecule has 0 amide bonds. The summed E-state index contributed by atoms with van der Waals surface area (Å²) in [4.78, 5) is 0. The normalized spacial score (nSPS) is 11.9. The molecule has 0 aliphatic carbocycles. The summed E-state index contributed by atoms with van der Waals surface area (Å²) in [6.07, 6.45) is 0.756. The molecule has 0 heterocycles. The molecule has 0 spiro atoms. The zero-order valence-electron chi connectivity index (χ0n) is 6.81. The SMILES string of the molecule is O=P(Cl)(CCCl)CCCl.O=P(Cl)(Cl)Cl. The Hall–Kier alpha value is 2.20. The average molecular weight is 363 g/mol. The minimum Gasteiger partial charge on any atom is -0.307 e. The van der Waals surface area contributed by atoms with Crippen molar-refractivity contribution in [2.24, 2.45) is 0 Å². The van der Waals surface area contributed by atoms with Crippen LogP contribution in [0.15, 0.2) is 0 Å². The molecule has 14 heavy (non-hydrogen) atoms. The van der Waals surface area contributed by atoms with Crippen molar-refractivity contribution in [3.8, 4) is 0 Å². The Balaban J connectivity index is 0. The van der Waals surface area contributed by atoms with Crippen molar-refractivity contribution < 1.29 is 9.13 Å². The van der Waals surface area contributed by atoms with Crippen LogP contribution in [0.5, 0.6) is 0 Å².